The average molecular weight is 394 g/mol. The van der Waals surface area contributed by atoms with E-state index >= 15 is 0 Å². The van der Waals surface area contributed by atoms with Gasteiger partial charge in [0.25, 0.3) is 0 Å². The molecule has 3 aliphatic rings. The van der Waals surface area contributed by atoms with Crippen molar-refractivity contribution in [3.8, 4) is 0 Å². The first-order chi connectivity index (χ1) is 13.4. The minimum absolute atomic E-state index is 0.164. The molecule has 3 rings (SSSR count). The summed E-state index contributed by atoms with van der Waals surface area (Å²) in [4.78, 5) is 14.6. The molecule has 1 heterocycles. The van der Waals surface area contributed by atoms with Gasteiger partial charge < -0.3 is 14.4 Å². The van der Waals surface area contributed by atoms with Crippen molar-refractivity contribution in [2.45, 2.75) is 129 Å². The molecule has 2 saturated carbocycles. The maximum Gasteiger partial charge on any atom is 0.226 e. The predicted molar refractivity (Wildman–Crippen MR) is 113 cm³/mol. The third kappa shape index (κ3) is 6.19. The van der Waals surface area contributed by atoms with Gasteiger partial charge in [-0.15, -0.1) is 0 Å². The molecule has 1 amide bonds. The van der Waals surface area contributed by atoms with Crippen molar-refractivity contribution in [2.75, 3.05) is 6.54 Å². The minimum Gasteiger partial charge on any atom is -0.375 e. The Morgan fingerprint density at radius 1 is 0.857 bits per heavy atom. The summed E-state index contributed by atoms with van der Waals surface area (Å²) >= 11 is 0. The van der Waals surface area contributed by atoms with E-state index in [0.29, 0.717) is 30.3 Å². The van der Waals surface area contributed by atoms with Gasteiger partial charge in [-0.1, -0.05) is 25.7 Å². The van der Waals surface area contributed by atoms with Gasteiger partial charge in [0, 0.05) is 18.5 Å². The van der Waals surface area contributed by atoms with Crippen LogP contribution in [0.4, 0.5) is 0 Å². The van der Waals surface area contributed by atoms with E-state index in [4.69, 9.17) is 9.47 Å². The van der Waals surface area contributed by atoms with Gasteiger partial charge >= 0.3 is 0 Å². The van der Waals surface area contributed by atoms with Crippen molar-refractivity contribution in [3.63, 3.8) is 0 Å². The Bertz CT molecular complexity index is 488. The standard InChI is InChI=1S/C24H43NO3/c1-17(2)25-13-12-21(24(25)26)15-19(4)28-23-11-7-8-20(16-23)14-18(3)27-22-9-5-6-10-22/h17-23H,5-16H2,1-4H3. The molecular weight excluding hydrogens is 350 g/mol. The molecule has 1 saturated heterocycles. The summed E-state index contributed by atoms with van der Waals surface area (Å²) in [6.07, 6.45) is 14.6. The number of hydrogen-bond donors (Lipinski definition) is 0. The number of hydrogen-bond acceptors (Lipinski definition) is 3. The Morgan fingerprint density at radius 3 is 2.18 bits per heavy atom. The highest BCUT2D eigenvalue weighted by Gasteiger charge is 2.35. The Balaban J connectivity index is 1.38. The molecule has 28 heavy (non-hydrogen) atoms. The topological polar surface area (TPSA) is 38.8 Å². The number of carbonyl (C=O) groups excluding carboxylic acids is 1. The number of rotatable bonds is 9. The Labute approximate surface area is 172 Å². The monoisotopic (exact) mass is 393 g/mol. The second-order valence-electron chi connectivity index (χ2n) is 10.0. The van der Waals surface area contributed by atoms with E-state index in [9.17, 15) is 4.79 Å². The van der Waals surface area contributed by atoms with Crippen LogP contribution < -0.4 is 0 Å². The average Bonchev–Trinajstić information content (AvgIpc) is 3.25. The largest absolute Gasteiger partial charge is 0.375 e. The summed E-state index contributed by atoms with van der Waals surface area (Å²) in [6.45, 7) is 9.57. The lowest BCUT2D eigenvalue weighted by molar-refractivity contribution is -0.134. The van der Waals surface area contributed by atoms with E-state index in [0.717, 1.165) is 25.3 Å². The molecule has 5 atom stereocenters. The molecular formula is C24H43NO3. The van der Waals surface area contributed by atoms with Gasteiger partial charge in [0.1, 0.15) is 0 Å². The van der Waals surface area contributed by atoms with Crippen LogP contribution in [0.3, 0.4) is 0 Å². The SMILES string of the molecule is CC(CC1CCCC(OC(C)CC2CCN(C(C)C)C2=O)C1)OC1CCCC1. The third-order valence-corrected chi connectivity index (χ3v) is 7.14. The van der Waals surface area contributed by atoms with Crippen LogP contribution in [0.15, 0.2) is 0 Å². The zero-order valence-electron chi connectivity index (χ0n) is 18.7. The van der Waals surface area contributed by atoms with Crippen LogP contribution in [-0.2, 0) is 14.3 Å². The van der Waals surface area contributed by atoms with Crippen molar-refractivity contribution in [3.05, 3.63) is 0 Å². The Hall–Kier alpha value is -0.610. The first-order valence-corrected chi connectivity index (χ1v) is 12.0. The number of amides is 1. The molecule has 5 unspecified atom stereocenters. The van der Waals surface area contributed by atoms with Gasteiger partial charge in [-0.05, 0) is 78.6 Å². The molecule has 4 nitrogen and oxygen atoms in total. The molecule has 3 fully saturated rings. The molecule has 0 radical (unpaired) electrons. The Morgan fingerprint density at radius 2 is 1.50 bits per heavy atom. The number of nitrogens with zero attached hydrogens (tertiary/aromatic N) is 1. The normalized spacial score (nSPS) is 31.7. The molecule has 0 N–H and O–H groups in total. The van der Waals surface area contributed by atoms with E-state index in [2.05, 4.69) is 27.7 Å². The molecule has 2 aliphatic carbocycles. The summed E-state index contributed by atoms with van der Waals surface area (Å²) in [7, 11) is 0. The van der Waals surface area contributed by atoms with E-state index in [1.165, 1.54) is 57.8 Å². The fourth-order valence-electron chi connectivity index (χ4n) is 5.74. The molecule has 0 aromatic carbocycles. The molecule has 0 aromatic heterocycles. The van der Waals surface area contributed by atoms with E-state index < -0.39 is 0 Å². The van der Waals surface area contributed by atoms with E-state index in [-0.39, 0.29) is 12.0 Å². The second-order valence-corrected chi connectivity index (χ2v) is 10.0. The molecule has 0 spiro atoms. The van der Waals surface area contributed by atoms with Crippen molar-refractivity contribution in [1.29, 1.82) is 0 Å². The van der Waals surface area contributed by atoms with Crippen LogP contribution >= 0.6 is 0 Å². The summed E-state index contributed by atoms with van der Waals surface area (Å²) in [5.41, 5.74) is 0. The van der Waals surface area contributed by atoms with Crippen LogP contribution in [0.2, 0.25) is 0 Å². The van der Waals surface area contributed by atoms with Gasteiger partial charge in [-0.2, -0.15) is 0 Å². The van der Waals surface area contributed by atoms with E-state index in [1.54, 1.807) is 0 Å². The van der Waals surface area contributed by atoms with Gasteiger partial charge in [0.15, 0.2) is 0 Å². The smallest absolute Gasteiger partial charge is 0.226 e. The van der Waals surface area contributed by atoms with Crippen molar-refractivity contribution >= 4 is 5.91 Å². The van der Waals surface area contributed by atoms with Crippen LogP contribution in [-0.4, -0.2) is 47.8 Å². The quantitative estimate of drug-likeness (QED) is 0.531. The molecule has 4 heteroatoms. The predicted octanol–water partition coefficient (Wildman–Crippen LogP) is 5.34. The van der Waals surface area contributed by atoms with Crippen molar-refractivity contribution in [2.24, 2.45) is 11.8 Å². The highest BCUT2D eigenvalue weighted by molar-refractivity contribution is 5.81. The first-order valence-electron chi connectivity index (χ1n) is 12.0. The van der Waals surface area contributed by atoms with Crippen LogP contribution in [0.5, 0.6) is 0 Å². The number of likely N-dealkylation sites (tertiary alicyclic amines) is 1. The van der Waals surface area contributed by atoms with Gasteiger partial charge in [0.2, 0.25) is 5.91 Å². The minimum atomic E-state index is 0.164. The third-order valence-electron chi connectivity index (χ3n) is 7.14. The maximum absolute atomic E-state index is 12.5. The maximum atomic E-state index is 12.5. The lowest BCUT2D eigenvalue weighted by Crippen LogP contribution is -2.35. The zero-order valence-corrected chi connectivity index (χ0v) is 18.7. The van der Waals surface area contributed by atoms with Gasteiger partial charge in [-0.25, -0.2) is 0 Å². The number of carbonyl (C=O) groups is 1. The molecule has 1 aliphatic heterocycles. The van der Waals surface area contributed by atoms with Gasteiger partial charge in [0.05, 0.1) is 24.4 Å². The summed E-state index contributed by atoms with van der Waals surface area (Å²) in [5.74, 6) is 1.23. The molecule has 162 valence electrons. The number of ether oxygens (including phenoxy) is 2. The highest BCUT2D eigenvalue weighted by atomic mass is 16.5. The van der Waals surface area contributed by atoms with Crippen LogP contribution in [0.25, 0.3) is 0 Å². The van der Waals surface area contributed by atoms with E-state index in [1.807, 2.05) is 4.90 Å². The highest BCUT2D eigenvalue weighted by Crippen LogP contribution is 2.33. The lowest BCUT2D eigenvalue weighted by atomic mass is 9.83. The second kappa shape index (κ2) is 10.4. The lowest BCUT2D eigenvalue weighted by Gasteiger charge is -2.33. The van der Waals surface area contributed by atoms with Crippen molar-refractivity contribution in [1.82, 2.24) is 4.90 Å². The summed E-state index contributed by atoms with van der Waals surface area (Å²) in [6, 6.07) is 0.321. The first kappa shape index (κ1) is 22.1. The zero-order chi connectivity index (χ0) is 20.1. The van der Waals surface area contributed by atoms with Gasteiger partial charge in [-0.3, -0.25) is 4.79 Å². The molecule has 0 bridgehead atoms. The van der Waals surface area contributed by atoms with Crippen LogP contribution in [0, 0.1) is 11.8 Å². The summed E-state index contributed by atoms with van der Waals surface area (Å²) < 4.78 is 12.7. The van der Waals surface area contributed by atoms with Crippen molar-refractivity contribution < 1.29 is 14.3 Å². The van der Waals surface area contributed by atoms with Crippen LogP contribution in [0.1, 0.15) is 98.3 Å². The Kier molecular flexibility index (Phi) is 8.22. The molecule has 0 aromatic rings. The fraction of sp³-hybridized carbons (Fsp3) is 0.958. The summed E-state index contributed by atoms with van der Waals surface area (Å²) in [5, 5.41) is 0. The fourth-order valence-corrected chi connectivity index (χ4v) is 5.74.